The lowest BCUT2D eigenvalue weighted by Crippen LogP contribution is -2.43. The summed E-state index contributed by atoms with van der Waals surface area (Å²) >= 11 is 0. The average Bonchev–Trinajstić information content (AvgIpc) is 3.25. The van der Waals surface area contributed by atoms with Gasteiger partial charge in [0.15, 0.2) is 0 Å². The highest BCUT2D eigenvalue weighted by atomic mass is 35.5. The number of nitrogens with one attached hydrogen (secondary N) is 1. The summed E-state index contributed by atoms with van der Waals surface area (Å²) in [6.45, 7) is 8.51. The van der Waals surface area contributed by atoms with Crippen molar-refractivity contribution in [2.24, 2.45) is 0 Å². The van der Waals surface area contributed by atoms with Crippen molar-refractivity contribution in [2.45, 2.75) is 45.8 Å². The van der Waals surface area contributed by atoms with Crippen LogP contribution in [-0.2, 0) is 16.1 Å². The van der Waals surface area contributed by atoms with Crippen molar-refractivity contribution in [3.63, 3.8) is 0 Å². The number of amides is 2. The van der Waals surface area contributed by atoms with Crippen molar-refractivity contribution < 1.29 is 14.3 Å². The fraction of sp³-hybridized carbons (Fsp3) is 0.750. The van der Waals surface area contributed by atoms with Gasteiger partial charge in [0, 0.05) is 26.7 Å². The monoisotopic (exact) mass is 388 g/mol. The van der Waals surface area contributed by atoms with Gasteiger partial charge in [0.05, 0.1) is 31.4 Å². The Morgan fingerprint density at radius 3 is 2.65 bits per heavy atom. The fourth-order valence-corrected chi connectivity index (χ4v) is 2.97. The summed E-state index contributed by atoms with van der Waals surface area (Å²) in [6, 6.07) is -0.0987. The number of aromatic nitrogens is 3. The minimum Gasteiger partial charge on any atom is -0.450 e. The molecule has 0 radical (unpaired) electrons. The molecule has 0 spiro atoms. The number of hydrogen-bond acceptors (Lipinski definition) is 6. The molecule has 2 amide bonds. The number of likely N-dealkylation sites (N-methyl/N-ethyl adjacent to an activating group) is 1. The molecule has 1 saturated heterocycles. The minimum absolute atomic E-state index is 0. The van der Waals surface area contributed by atoms with E-state index >= 15 is 0 Å². The smallest absolute Gasteiger partial charge is 0.409 e. The van der Waals surface area contributed by atoms with Crippen LogP contribution in [0.25, 0.3) is 0 Å². The Hall–Kier alpha value is -1.87. The van der Waals surface area contributed by atoms with Gasteiger partial charge in [-0.15, -0.1) is 17.5 Å². The van der Waals surface area contributed by atoms with Crippen LogP contribution in [0.4, 0.5) is 4.79 Å². The summed E-state index contributed by atoms with van der Waals surface area (Å²) in [4.78, 5) is 27.4. The van der Waals surface area contributed by atoms with Crippen molar-refractivity contribution in [3.05, 3.63) is 11.9 Å². The van der Waals surface area contributed by atoms with Gasteiger partial charge < -0.3 is 19.9 Å². The molecule has 1 aliphatic rings. The van der Waals surface area contributed by atoms with E-state index in [4.69, 9.17) is 4.74 Å². The molecule has 1 aromatic heterocycles. The van der Waals surface area contributed by atoms with Crippen molar-refractivity contribution in [2.75, 3.05) is 33.3 Å². The van der Waals surface area contributed by atoms with E-state index in [1.807, 2.05) is 24.9 Å². The second-order valence-corrected chi connectivity index (χ2v) is 6.11. The van der Waals surface area contributed by atoms with E-state index < -0.39 is 0 Å². The standard InChI is InChI=1S/C16H28N6O3.ClH/c1-5-21(6-2)15(23)14-8-13(9-17-14)22-11-12(18-19-22)10-20(4)16(24)25-7-3;/h11,13-14,17H,5-10H2,1-4H3;1H/t13-,14-;/m0./s1. The lowest BCUT2D eigenvalue weighted by molar-refractivity contribution is -0.132. The Balaban J connectivity index is 0.00000338. The molecule has 0 saturated carbocycles. The van der Waals surface area contributed by atoms with Crippen molar-refractivity contribution in [1.82, 2.24) is 30.1 Å². The van der Waals surface area contributed by atoms with Crippen LogP contribution >= 0.6 is 12.4 Å². The molecule has 1 N–H and O–H groups in total. The Morgan fingerprint density at radius 1 is 1.35 bits per heavy atom. The molecule has 10 heteroatoms. The number of rotatable bonds is 7. The molecule has 1 aromatic rings. The molecule has 2 heterocycles. The Bertz CT molecular complexity index is 592. The molecule has 0 bridgehead atoms. The van der Waals surface area contributed by atoms with Gasteiger partial charge in [-0.05, 0) is 27.2 Å². The van der Waals surface area contributed by atoms with E-state index in [1.54, 1.807) is 18.7 Å². The number of ether oxygens (including phenoxy) is 1. The molecule has 9 nitrogen and oxygen atoms in total. The quantitative estimate of drug-likeness (QED) is 0.750. The highest BCUT2D eigenvalue weighted by molar-refractivity contribution is 5.85. The topological polar surface area (TPSA) is 92.6 Å². The first-order chi connectivity index (χ1) is 12.0. The van der Waals surface area contributed by atoms with Crippen LogP contribution in [0.1, 0.15) is 38.9 Å². The van der Waals surface area contributed by atoms with Crippen LogP contribution in [0.15, 0.2) is 6.20 Å². The normalized spacial score (nSPS) is 18.9. The van der Waals surface area contributed by atoms with E-state index in [0.29, 0.717) is 44.9 Å². The van der Waals surface area contributed by atoms with Gasteiger partial charge in [0.25, 0.3) is 0 Å². The highest BCUT2D eigenvalue weighted by Gasteiger charge is 2.33. The second-order valence-electron chi connectivity index (χ2n) is 6.11. The van der Waals surface area contributed by atoms with E-state index in [2.05, 4.69) is 15.6 Å². The molecule has 148 valence electrons. The van der Waals surface area contributed by atoms with E-state index in [-0.39, 0.29) is 36.5 Å². The fourth-order valence-electron chi connectivity index (χ4n) is 2.97. The van der Waals surface area contributed by atoms with Gasteiger partial charge in [0.1, 0.15) is 5.69 Å². The maximum absolute atomic E-state index is 12.4. The summed E-state index contributed by atoms with van der Waals surface area (Å²) in [7, 11) is 1.66. The second kappa shape index (κ2) is 10.3. The molecule has 0 unspecified atom stereocenters. The first-order valence-corrected chi connectivity index (χ1v) is 8.80. The van der Waals surface area contributed by atoms with Gasteiger partial charge in [-0.2, -0.15) is 0 Å². The first kappa shape index (κ1) is 22.2. The van der Waals surface area contributed by atoms with Gasteiger partial charge >= 0.3 is 6.09 Å². The van der Waals surface area contributed by atoms with Crippen LogP contribution in [0.3, 0.4) is 0 Å². The first-order valence-electron chi connectivity index (χ1n) is 8.80. The molecule has 26 heavy (non-hydrogen) atoms. The number of carbonyl (C=O) groups excluding carboxylic acids is 2. The zero-order chi connectivity index (χ0) is 18.4. The van der Waals surface area contributed by atoms with Crippen molar-refractivity contribution in [3.8, 4) is 0 Å². The van der Waals surface area contributed by atoms with Gasteiger partial charge in [-0.1, -0.05) is 5.21 Å². The highest BCUT2D eigenvalue weighted by Crippen LogP contribution is 2.20. The predicted octanol–water partition coefficient (Wildman–Crippen LogP) is 1.06. The molecule has 0 aliphatic carbocycles. The number of hydrogen-bond donors (Lipinski definition) is 1. The predicted molar refractivity (Wildman–Crippen MR) is 99.1 cm³/mol. The van der Waals surface area contributed by atoms with Gasteiger partial charge in [-0.25, -0.2) is 9.48 Å². The maximum atomic E-state index is 12.4. The lowest BCUT2D eigenvalue weighted by atomic mass is 10.1. The van der Waals surface area contributed by atoms with Crippen LogP contribution in [0.5, 0.6) is 0 Å². The average molecular weight is 389 g/mol. The van der Waals surface area contributed by atoms with Crippen molar-refractivity contribution >= 4 is 24.4 Å². The van der Waals surface area contributed by atoms with Crippen LogP contribution in [0, 0.1) is 0 Å². The van der Waals surface area contributed by atoms with Gasteiger partial charge in [0.2, 0.25) is 5.91 Å². The van der Waals surface area contributed by atoms with Crippen LogP contribution in [-0.4, -0.2) is 76.1 Å². The zero-order valence-electron chi connectivity index (χ0n) is 15.8. The molecule has 1 fully saturated rings. The third-order valence-corrected chi connectivity index (χ3v) is 4.39. The number of carbonyl (C=O) groups is 2. The largest absolute Gasteiger partial charge is 0.450 e. The van der Waals surface area contributed by atoms with E-state index in [9.17, 15) is 9.59 Å². The Kier molecular flexibility index (Phi) is 8.80. The molecular weight excluding hydrogens is 360 g/mol. The SMILES string of the molecule is CCOC(=O)N(C)Cc1cn([C@@H]2CN[C@H](C(=O)N(CC)CC)C2)nn1.Cl. The molecule has 1 aliphatic heterocycles. The molecule has 0 aromatic carbocycles. The lowest BCUT2D eigenvalue weighted by Gasteiger charge is -2.22. The maximum Gasteiger partial charge on any atom is 0.409 e. The third kappa shape index (κ3) is 5.31. The van der Waals surface area contributed by atoms with Gasteiger partial charge in [-0.3, -0.25) is 4.79 Å². The van der Waals surface area contributed by atoms with Crippen LogP contribution in [0.2, 0.25) is 0 Å². The van der Waals surface area contributed by atoms with E-state index in [0.717, 1.165) is 0 Å². The zero-order valence-corrected chi connectivity index (χ0v) is 16.7. The number of halogens is 1. The summed E-state index contributed by atoms with van der Waals surface area (Å²) < 4.78 is 6.72. The minimum atomic E-state index is -0.385. The summed E-state index contributed by atoms with van der Waals surface area (Å²) in [5.74, 6) is 0.134. The molecule has 2 rings (SSSR count). The molecular formula is C16H29ClN6O3. The summed E-state index contributed by atoms with van der Waals surface area (Å²) in [5.41, 5.74) is 0.689. The van der Waals surface area contributed by atoms with Crippen molar-refractivity contribution in [1.29, 1.82) is 0 Å². The number of nitrogens with zero attached hydrogens (tertiary/aromatic N) is 5. The summed E-state index contributed by atoms with van der Waals surface area (Å²) in [6.07, 6.45) is 2.13. The Labute approximate surface area is 160 Å². The van der Waals surface area contributed by atoms with E-state index in [1.165, 1.54) is 4.90 Å². The summed E-state index contributed by atoms with van der Waals surface area (Å²) in [5, 5.41) is 11.6. The third-order valence-electron chi connectivity index (χ3n) is 4.39. The van der Waals surface area contributed by atoms with Crippen LogP contribution < -0.4 is 5.32 Å². The molecule has 2 atom stereocenters. The Morgan fingerprint density at radius 2 is 2.04 bits per heavy atom.